The van der Waals surface area contributed by atoms with Crippen molar-refractivity contribution in [1.29, 1.82) is 0 Å². The fourth-order valence-corrected chi connectivity index (χ4v) is 2.03. The first-order chi connectivity index (χ1) is 9.47. The Balaban J connectivity index is 2.23. The highest BCUT2D eigenvalue weighted by Gasteiger charge is 2.10. The first kappa shape index (κ1) is 14.5. The molecule has 0 heterocycles. The summed E-state index contributed by atoms with van der Waals surface area (Å²) in [6, 6.07) is 9.40. The maximum absolute atomic E-state index is 13.2. The first-order valence-corrected chi connectivity index (χ1v) is 6.53. The fraction of sp³-hybridized carbons (Fsp3) is 0.188. The van der Waals surface area contributed by atoms with Crippen molar-refractivity contribution in [3.63, 3.8) is 0 Å². The van der Waals surface area contributed by atoms with Crippen LogP contribution in [0.25, 0.3) is 0 Å². The topological polar surface area (TPSA) is 26.3 Å². The minimum absolute atomic E-state index is 0.126. The van der Waals surface area contributed by atoms with Crippen LogP contribution in [0.3, 0.4) is 0 Å². The number of hydrogen-bond acceptors (Lipinski definition) is 2. The van der Waals surface area contributed by atoms with Crippen LogP contribution in [0.4, 0.5) is 4.39 Å². The van der Waals surface area contributed by atoms with E-state index in [4.69, 9.17) is 16.3 Å². The summed E-state index contributed by atoms with van der Waals surface area (Å²) in [6.07, 6.45) is 0. The van der Waals surface area contributed by atoms with Gasteiger partial charge in [0.2, 0.25) is 0 Å². The lowest BCUT2D eigenvalue weighted by atomic mass is 10.1. The van der Waals surface area contributed by atoms with E-state index in [1.54, 1.807) is 24.3 Å². The lowest BCUT2D eigenvalue weighted by Crippen LogP contribution is -2.03. The SMILES string of the molecule is CC(=O)c1cc(Cl)ccc1OCc1cc(F)ccc1C. The van der Waals surface area contributed by atoms with Crippen molar-refractivity contribution in [2.24, 2.45) is 0 Å². The molecule has 0 unspecified atom stereocenters. The van der Waals surface area contributed by atoms with E-state index in [0.717, 1.165) is 11.1 Å². The minimum atomic E-state index is -0.308. The smallest absolute Gasteiger partial charge is 0.163 e. The molecule has 0 saturated carbocycles. The minimum Gasteiger partial charge on any atom is -0.488 e. The van der Waals surface area contributed by atoms with Crippen LogP contribution in [0.1, 0.15) is 28.4 Å². The summed E-state index contributed by atoms with van der Waals surface area (Å²) in [5.41, 5.74) is 2.10. The largest absolute Gasteiger partial charge is 0.488 e. The van der Waals surface area contributed by atoms with E-state index in [9.17, 15) is 9.18 Å². The van der Waals surface area contributed by atoms with Crippen LogP contribution in [-0.2, 0) is 6.61 Å². The van der Waals surface area contributed by atoms with Crippen molar-refractivity contribution in [2.45, 2.75) is 20.5 Å². The van der Waals surface area contributed by atoms with Crippen molar-refractivity contribution >= 4 is 17.4 Å². The zero-order chi connectivity index (χ0) is 14.7. The number of benzene rings is 2. The average molecular weight is 293 g/mol. The molecule has 0 aliphatic heterocycles. The van der Waals surface area contributed by atoms with E-state index in [-0.39, 0.29) is 18.2 Å². The van der Waals surface area contributed by atoms with Crippen LogP contribution < -0.4 is 4.74 Å². The maximum Gasteiger partial charge on any atom is 0.163 e. The number of Topliss-reactive ketones (excluding diaryl/α,β-unsaturated/α-hetero) is 1. The van der Waals surface area contributed by atoms with Gasteiger partial charge in [-0.15, -0.1) is 0 Å². The monoisotopic (exact) mass is 292 g/mol. The maximum atomic E-state index is 13.2. The van der Waals surface area contributed by atoms with Crippen molar-refractivity contribution < 1.29 is 13.9 Å². The third-order valence-corrected chi connectivity index (χ3v) is 3.25. The lowest BCUT2D eigenvalue weighted by Gasteiger charge is -2.12. The zero-order valence-electron chi connectivity index (χ0n) is 11.2. The summed E-state index contributed by atoms with van der Waals surface area (Å²) < 4.78 is 18.8. The molecule has 4 heteroatoms. The van der Waals surface area contributed by atoms with Crippen LogP contribution in [0, 0.1) is 12.7 Å². The Morgan fingerprint density at radius 2 is 2.00 bits per heavy atom. The Labute approximate surface area is 122 Å². The molecule has 0 fully saturated rings. The van der Waals surface area contributed by atoms with E-state index < -0.39 is 0 Å². The van der Waals surface area contributed by atoms with Gasteiger partial charge in [0.05, 0.1) is 5.56 Å². The van der Waals surface area contributed by atoms with Crippen LogP contribution in [0.15, 0.2) is 36.4 Å². The predicted molar refractivity (Wildman–Crippen MR) is 76.9 cm³/mol. The average Bonchev–Trinajstić information content (AvgIpc) is 2.40. The Morgan fingerprint density at radius 1 is 1.25 bits per heavy atom. The number of rotatable bonds is 4. The van der Waals surface area contributed by atoms with Gasteiger partial charge in [-0.1, -0.05) is 17.7 Å². The second kappa shape index (κ2) is 6.06. The molecule has 104 valence electrons. The van der Waals surface area contributed by atoms with E-state index in [1.807, 2.05) is 6.92 Å². The van der Waals surface area contributed by atoms with Gasteiger partial charge in [-0.05, 0) is 55.3 Å². The lowest BCUT2D eigenvalue weighted by molar-refractivity contribution is 0.101. The molecule has 0 aliphatic rings. The molecule has 0 amide bonds. The highest BCUT2D eigenvalue weighted by Crippen LogP contribution is 2.24. The highest BCUT2D eigenvalue weighted by molar-refractivity contribution is 6.31. The molecule has 0 aliphatic carbocycles. The van der Waals surface area contributed by atoms with E-state index in [2.05, 4.69) is 0 Å². The molecule has 0 atom stereocenters. The number of carbonyl (C=O) groups is 1. The molecule has 20 heavy (non-hydrogen) atoms. The summed E-state index contributed by atoms with van der Waals surface area (Å²) in [5.74, 6) is 0.0149. The van der Waals surface area contributed by atoms with Gasteiger partial charge in [0, 0.05) is 5.02 Å². The molecular formula is C16H14ClFO2. The summed E-state index contributed by atoms with van der Waals surface area (Å²) in [4.78, 5) is 11.6. The summed E-state index contributed by atoms with van der Waals surface area (Å²) in [7, 11) is 0. The third-order valence-electron chi connectivity index (χ3n) is 3.02. The number of carbonyl (C=O) groups excluding carboxylic acids is 1. The number of ketones is 1. The quantitative estimate of drug-likeness (QED) is 0.772. The summed E-state index contributed by atoms with van der Waals surface area (Å²) in [6.45, 7) is 3.53. The van der Waals surface area contributed by atoms with Crippen LogP contribution in [0.2, 0.25) is 5.02 Å². The van der Waals surface area contributed by atoms with Gasteiger partial charge in [-0.25, -0.2) is 4.39 Å². The van der Waals surface area contributed by atoms with E-state index in [1.165, 1.54) is 19.1 Å². The number of hydrogen-bond donors (Lipinski definition) is 0. The van der Waals surface area contributed by atoms with Gasteiger partial charge in [0.1, 0.15) is 18.2 Å². The molecule has 2 aromatic carbocycles. The zero-order valence-corrected chi connectivity index (χ0v) is 12.0. The van der Waals surface area contributed by atoms with Crippen LogP contribution in [-0.4, -0.2) is 5.78 Å². The predicted octanol–water partition coefficient (Wildman–Crippen LogP) is 4.57. The standard InChI is InChI=1S/C16H14ClFO2/c1-10-3-5-14(18)7-12(10)9-20-16-6-4-13(17)8-15(16)11(2)19/h3-8H,9H2,1-2H3. The van der Waals surface area contributed by atoms with E-state index in [0.29, 0.717) is 16.3 Å². The van der Waals surface area contributed by atoms with Crippen molar-refractivity contribution in [2.75, 3.05) is 0 Å². The molecular weight excluding hydrogens is 279 g/mol. The van der Waals surface area contributed by atoms with Crippen LogP contribution in [0.5, 0.6) is 5.75 Å². The van der Waals surface area contributed by atoms with Gasteiger partial charge in [0.25, 0.3) is 0 Å². The Bertz CT molecular complexity index is 653. The molecule has 0 radical (unpaired) electrons. The Morgan fingerprint density at radius 3 is 2.70 bits per heavy atom. The molecule has 2 rings (SSSR count). The second-order valence-electron chi connectivity index (χ2n) is 4.56. The van der Waals surface area contributed by atoms with E-state index >= 15 is 0 Å². The van der Waals surface area contributed by atoms with Gasteiger partial charge < -0.3 is 4.74 Å². The van der Waals surface area contributed by atoms with Crippen LogP contribution >= 0.6 is 11.6 Å². The highest BCUT2D eigenvalue weighted by atomic mass is 35.5. The Hall–Kier alpha value is -1.87. The fourth-order valence-electron chi connectivity index (χ4n) is 1.85. The molecule has 2 aromatic rings. The number of aryl methyl sites for hydroxylation is 1. The number of ether oxygens (including phenoxy) is 1. The molecule has 0 saturated heterocycles. The van der Waals surface area contributed by atoms with Crippen molar-refractivity contribution in [3.8, 4) is 5.75 Å². The van der Waals surface area contributed by atoms with Gasteiger partial charge in [-0.3, -0.25) is 4.79 Å². The molecule has 0 bridgehead atoms. The van der Waals surface area contributed by atoms with Gasteiger partial charge >= 0.3 is 0 Å². The normalized spacial score (nSPS) is 10.4. The second-order valence-corrected chi connectivity index (χ2v) is 4.99. The van der Waals surface area contributed by atoms with Crippen molar-refractivity contribution in [3.05, 3.63) is 63.9 Å². The molecule has 2 nitrogen and oxygen atoms in total. The molecule has 0 spiro atoms. The Kier molecular flexibility index (Phi) is 4.40. The number of halogens is 2. The summed E-state index contributed by atoms with van der Waals surface area (Å²) in [5, 5.41) is 0.476. The summed E-state index contributed by atoms with van der Waals surface area (Å²) >= 11 is 5.87. The molecule has 0 aromatic heterocycles. The molecule has 0 N–H and O–H groups in total. The van der Waals surface area contributed by atoms with Gasteiger partial charge in [0.15, 0.2) is 5.78 Å². The first-order valence-electron chi connectivity index (χ1n) is 6.15. The van der Waals surface area contributed by atoms with Gasteiger partial charge in [-0.2, -0.15) is 0 Å². The van der Waals surface area contributed by atoms with Crippen molar-refractivity contribution in [1.82, 2.24) is 0 Å². The third kappa shape index (κ3) is 3.36.